The van der Waals surface area contributed by atoms with Crippen LogP contribution in [0.15, 0.2) is 47.4 Å². The summed E-state index contributed by atoms with van der Waals surface area (Å²) in [5.74, 6) is -1.96. The van der Waals surface area contributed by atoms with Gasteiger partial charge in [0.1, 0.15) is 12.4 Å². The molecule has 0 atom stereocenters. The van der Waals surface area contributed by atoms with Gasteiger partial charge in [-0.2, -0.15) is 0 Å². The van der Waals surface area contributed by atoms with Crippen LogP contribution in [0.4, 0.5) is 10.1 Å². The van der Waals surface area contributed by atoms with E-state index in [0.29, 0.717) is 5.56 Å². The maximum absolute atomic E-state index is 13.9. The highest BCUT2D eigenvalue weighted by molar-refractivity contribution is 7.89. The van der Waals surface area contributed by atoms with Gasteiger partial charge in [0.25, 0.3) is 5.69 Å². The monoisotopic (exact) mass is 382 g/mol. The molecule has 0 aliphatic carbocycles. The Labute approximate surface area is 149 Å². The summed E-state index contributed by atoms with van der Waals surface area (Å²) in [4.78, 5) is 21.9. The van der Waals surface area contributed by atoms with Crippen LogP contribution >= 0.6 is 0 Å². The van der Waals surface area contributed by atoms with E-state index in [4.69, 9.17) is 4.74 Å². The summed E-state index contributed by atoms with van der Waals surface area (Å²) < 4.78 is 44.0. The van der Waals surface area contributed by atoms with E-state index >= 15 is 0 Å². The van der Waals surface area contributed by atoms with Crippen LogP contribution in [0, 0.1) is 15.9 Å². The molecule has 0 aliphatic rings. The van der Waals surface area contributed by atoms with Crippen molar-refractivity contribution < 1.29 is 27.3 Å². The Morgan fingerprint density at radius 3 is 2.35 bits per heavy atom. The van der Waals surface area contributed by atoms with Crippen molar-refractivity contribution in [2.45, 2.75) is 11.5 Å². The molecule has 2 aromatic rings. The minimum Gasteiger partial charge on any atom is -0.457 e. The molecule has 0 aliphatic heterocycles. The number of carbonyl (C=O) groups is 1. The van der Waals surface area contributed by atoms with Crippen molar-refractivity contribution in [3.05, 3.63) is 69.5 Å². The molecule has 0 fully saturated rings. The minimum absolute atomic E-state index is 0.118. The Bertz CT molecular complexity index is 942. The van der Waals surface area contributed by atoms with Crippen LogP contribution in [0.2, 0.25) is 0 Å². The lowest BCUT2D eigenvalue weighted by atomic mass is 10.2. The SMILES string of the molecule is CN(C)S(=O)(=O)c1ccc(F)c(C(=O)OCc2ccc([N+](=O)[O-])cc2)c1. The van der Waals surface area contributed by atoms with Crippen LogP contribution < -0.4 is 0 Å². The molecule has 138 valence electrons. The van der Waals surface area contributed by atoms with Gasteiger partial charge in [-0.05, 0) is 35.9 Å². The topological polar surface area (TPSA) is 107 Å². The molecule has 0 N–H and O–H groups in total. The summed E-state index contributed by atoms with van der Waals surface area (Å²) in [5, 5.41) is 10.6. The van der Waals surface area contributed by atoms with E-state index in [1.165, 1.54) is 38.4 Å². The normalized spacial score (nSPS) is 11.4. The second-order valence-corrected chi connectivity index (χ2v) is 7.58. The molecule has 0 bridgehead atoms. The molecule has 8 nitrogen and oxygen atoms in total. The first-order valence-electron chi connectivity index (χ1n) is 7.25. The quantitative estimate of drug-likeness (QED) is 0.431. The van der Waals surface area contributed by atoms with Crippen LogP contribution in [-0.2, 0) is 21.4 Å². The van der Waals surface area contributed by atoms with Crippen molar-refractivity contribution in [2.75, 3.05) is 14.1 Å². The summed E-state index contributed by atoms with van der Waals surface area (Å²) in [6.07, 6.45) is 0. The number of nitro benzene ring substituents is 1. The van der Waals surface area contributed by atoms with Gasteiger partial charge in [0.2, 0.25) is 10.0 Å². The summed E-state index contributed by atoms with van der Waals surface area (Å²) in [6.45, 7) is -0.249. The molecule has 26 heavy (non-hydrogen) atoms. The smallest absolute Gasteiger partial charge is 0.341 e. The van der Waals surface area contributed by atoms with Gasteiger partial charge in [-0.25, -0.2) is 21.9 Å². The van der Waals surface area contributed by atoms with Gasteiger partial charge in [0, 0.05) is 26.2 Å². The fourth-order valence-corrected chi connectivity index (χ4v) is 2.90. The Hall–Kier alpha value is -2.85. The highest BCUT2D eigenvalue weighted by Gasteiger charge is 2.22. The molecule has 0 saturated carbocycles. The lowest BCUT2D eigenvalue weighted by Crippen LogP contribution is -2.22. The number of rotatable bonds is 6. The van der Waals surface area contributed by atoms with Gasteiger partial charge < -0.3 is 4.74 Å². The predicted octanol–water partition coefficient (Wildman–Crippen LogP) is 2.34. The van der Waals surface area contributed by atoms with Gasteiger partial charge in [-0.15, -0.1) is 0 Å². The van der Waals surface area contributed by atoms with Crippen molar-refractivity contribution in [3.8, 4) is 0 Å². The number of halogens is 1. The van der Waals surface area contributed by atoms with Gasteiger partial charge in [0.15, 0.2) is 0 Å². The zero-order valence-electron chi connectivity index (χ0n) is 13.9. The third kappa shape index (κ3) is 4.21. The van der Waals surface area contributed by atoms with E-state index in [1.54, 1.807) is 0 Å². The molecule has 2 aromatic carbocycles. The van der Waals surface area contributed by atoms with Crippen LogP contribution in [0.3, 0.4) is 0 Å². The summed E-state index contributed by atoms with van der Waals surface area (Å²) >= 11 is 0. The lowest BCUT2D eigenvalue weighted by Gasteiger charge is -2.12. The fraction of sp³-hybridized carbons (Fsp3) is 0.188. The largest absolute Gasteiger partial charge is 0.457 e. The van der Waals surface area contributed by atoms with Crippen LogP contribution in [-0.4, -0.2) is 37.7 Å². The van der Waals surface area contributed by atoms with E-state index in [2.05, 4.69) is 0 Å². The molecule has 0 saturated heterocycles. The minimum atomic E-state index is -3.83. The molecule has 2 rings (SSSR count). The molecule has 0 spiro atoms. The molecular weight excluding hydrogens is 367 g/mol. The van der Waals surface area contributed by atoms with E-state index in [-0.39, 0.29) is 17.2 Å². The molecule has 0 amide bonds. The summed E-state index contributed by atoms with van der Waals surface area (Å²) in [5.41, 5.74) is -0.177. The van der Waals surface area contributed by atoms with Crippen LogP contribution in [0.1, 0.15) is 15.9 Å². The Balaban J connectivity index is 2.18. The standard InChI is InChI=1S/C16H15FN2O6S/c1-18(2)26(23,24)13-7-8-15(17)14(9-13)16(20)25-10-11-3-5-12(6-4-11)19(21)22/h3-9H,10H2,1-2H3. The van der Waals surface area contributed by atoms with Crippen molar-refractivity contribution in [1.82, 2.24) is 4.31 Å². The first-order chi connectivity index (χ1) is 12.1. The first kappa shape index (κ1) is 19.5. The van der Waals surface area contributed by atoms with E-state index in [0.717, 1.165) is 22.5 Å². The molecule has 10 heteroatoms. The number of esters is 1. The number of hydrogen-bond acceptors (Lipinski definition) is 6. The van der Waals surface area contributed by atoms with Gasteiger partial charge in [-0.1, -0.05) is 0 Å². The third-order valence-electron chi connectivity index (χ3n) is 3.45. The van der Waals surface area contributed by atoms with E-state index in [1.807, 2.05) is 0 Å². The van der Waals surface area contributed by atoms with Crippen molar-refractivity contribution in [1.29, 1.82) is 0 Å². The van der Waals surface area contributed by atoms with Gasteiger partial charge in [0.05, 0.1) is 15.4 Å². The number of nitro groups is 1. The predicted molar refractivity (Wildman–Crippen MR) is 89.5 cm³/mol. The fourth-order valence-electron chi connectivity index (χ4n) is 1.97. The number of hydrogen-bond donors (Lipinski definition) is 0. The molecule has 0 unspecified atom stereocenters. The summed E-state index contributed by atoms with van der Waals surface area (Å²) in [6, 6.07) is 8.12. The number of carbonyl (C=O) groups excluding carboxylic acids is 1. The number of benzene rings is 2. The van der Waals surface area contributed by atoms with E-state index in [9.17, 15) is 27.7 Å². The first-order valence-corrected chi connectivity index (χ1v) is 8.69. The third-order valence-corrected chi connectivity index (χ3v) is 5.26. The van der Waals surface area contributed by atoms with Gasteiger partial charge in [-0.3, -0.25) is 10.1 Å². The molecular formula is C16H15FN2O6S. The number of nitrogens with zero attached hydrogens (tertiary/aromatic N) is 2. The van der Waals surface area contributed by atoms with Crippen LogP contribution in [0.5, 0.6) is 0 Å². The average Bonchev–Trinajstić information content (AvgIpc) is 2.60. The molecule has 0 radical (unpaired) electrons. The molecule has 0 aromatic heterocycles. The highest BCUT2D eigenvalue weighted by atomic mass is 32.2. The second-order valence-electron chi connectivity index (χ2n) is 5.43. The number of ether oxygens (including phenoxy) is 1. The van der Waals surface area contributed by atoms with Crippen molar-refractivity contribution in [2.24, 2.45) is 0 Å². The van der Waals surface area contributed by atoms with Crippen molar-refractivity contribution in [3.63, 3.8) is 0 Å². The number of non-ortho nitro benzene ring substituents is 1. The highest BCUT2D eigenvalue weighted by Crippen LogP contribution is 2.19. The van der Waals surface area contributed by atoms with E-state index < -0.39 is 32.3 Å². The lowest BCUT2D eigenvalue weighted by molar-refractivity contribution is -0.384. The Morgan fingerprint density at radius 2 is 1.81 bits per heavy atom. The van der Waals surface area contributed by atoms with Gasteiger partial charge >= 0.3 is 5.97 Å². The average molecular weight is 382 g/mol. The maximum atomic E-state index is 13.9. The Kier molecular flexibility index (Phi) is 5.68. The molecule has 0 heterocycles. The zero-order chi connectivity index (χ0) is 19.5. The number of sulfonamides is 1. The second kappa shape index (κ2) is 7.58. The van der Waals surface area contributed by atoms with Crippen molar-refractivity contribution >= 4 is 21.7 Å². The zero-order valence-corrected chi connectivity index (χ0v) is 14.7. The van der Waals surface area contributed by atoms with Crippen LogP contribution in [0.25, 0.3) is 0 Å². The summed E-state index contributed by atoms with van der Waals surface area (Å²) in [7, 11) is -1.21. The maximum Gasteiger partial charge on any atom is 0.341 e. The Morgan fingerprint density at radius 1 is 1.19 bits per heavy atom.